The highest BCUT2D eigenvalue weighted by atomic mass is 16.5. The molecule has 0 spiro atoms. The largest absolute Gasteiger partial charge is 0.452 e. The smallest absolute Gasteiger partial charge is 0.340 e. The van der Waals surface area contributed by atoms with E-state index in [1.54, 1.807) is 31.2 Å². The molecule has 0 saturated carbocycles. The number of nitrogen functional groups attached to an aromatic ring is 1. The lowest BCUT2D eigenvalue weighted by atomic mass is 10.1. The Morgan fingerprint density at radius 2 is 1.73 bits per heavy atom. The topological polar surface area (TPSA) is 81.4 Å². The van der Waals surface area contributed by atoms with Crippen molar-refractivity contribution < 1.29 is 14.3 Å². The van der Waals surface area contributed by atoms with Gasteiger partial charge in [0.25, 0.3) is 5.91 Å². The second-order valence-electron chi connectivity index (χ2n) is 4.98. The minimum absolute atomic E-state index is 0.267. The summed E-state index contributed by atoms with van der Waals surface area (Å²) in [6, 6.07) is 12.5. The molecular weight excluding hydrogens is 280 g/mol. The first kappa shape index (κ1) is 15.6. The zero-order valence-corrected chi connectivity index (χ0v) is 12.6. The van der Waals surface area contributed by atoms with Gasteiger partial charge in [0.1, 0.15) is 0 Å². The number of esters is 1. The number of hydrogen-bond acceptors (Lipinski definition) is 4. The molecule has 1 amide bonds. The zero-order chi connectivity index (χ0) is 16.1. The van der Waals surface area contributed by atoms with Gasteiger partial charge in [-0.05, 0) is 37.1 Å². The first-order valence-corrected chi connectivity index (χ1v) is 6.86. The van der Waals surface area contributed by atoms with E-state index in [-0.39, 0.29) is 12.2 Å². The molecule has 0 bridgehead atoms. The molecule has 0 aromatic heterocycles. The molecule has 114 valence electrons. The molecule has 3 N–H and O–H groups in total. The molecule has 22 heavy (non-hydrogen) atoms. The van der Waals surface area contributed by atoms with Crippen LogP contribution in [0.25, 0.3) is 0 Å². The molecule has 0 aliphatic heterocycles. The molecule has 0 unspecified atom stereocenters. The van der Waals surface area contributed by atoms with Gasteiger partial charge in [-0.15, -0.1) is 0 Å². The summed E-state index contributed by atoms with van der Waals surface area (Å²) in [4.78, 5) is 23.8. The van der Waals surface area contributed by atoms with Gasteiger partial charge in [-0.25, -0.2) is 4.79 Å². The molecule has 5 heteroatoms. The third kappa shape index (κ3) is 3.63. The Hall–Kier alpha value is -2.82. The van der Waals surface area contributed by atoms with E-state index >= 15 is 0 Å². The molecule has 0 heterocycles. The van der Waals surface area contributed by atoms with Crippen molar-refractivity contribution in [3.8, 4) is 0 Å². The van der Waals surface area contributed by atoms with Crippen LogP contribution in [-0.4, -0.2) is 18.5 Å². The molecular formula is C17H18N2O3. The average Bonchev–Trinajstić information content (AvgIpc) is 2.50. The Morgan fingerprint density at radius 3 is 2.45 bits per heavy atom. The van der Waals surface area contributed by atoms with Crippen molar-refractivity contribution in [3.05, 3.63) is 59.2 Å². The van der Waals surface area contributed by atoms with Crippen molar-refractivity contribution in [1.29, 1.82) is 0 Å². The number of hydrogen-bond donors (Lipinski definition) is 2. The first-order valence-electron chi connectivity index (χ1n) is 6.86. The number of benzene rings is 2. The highest BCUT2D eigenvalue weighted by Gasteiger charge is 2.14. The summed E-state index contributed by atoms with van der Waals surface area (Å²) in [5, 5.41) is 2.70. The van der Waals surface area contributed by atoms with Crippen molar-refractivity contribution >= 4 is 23.3 Å². The van der Waals surface area contributed by atoms with Crippen LogP contribution in [0.3, 0.4) is 0 Å². The van der Waals surface area contributed by atoms with Crippen LogP contribution in [0, 0.1) is 13.8 Å². The van der Waals surface area contributed by atoms with Gasteiger partial charge in [0.05, 0.1) is 5.56 Å². The summed E-state index contributed by atoms with van der Waals surface area (Å²) in [5.74, 6) is -1.00. The average molecular weight is 298 g/mol. The van der Waals surface area contributed by atoms with E-state index in [2.05, 4.69) is 5.32 Å². The maximum absolute atomic E-state index is 12.0. The van der Waals surface area contributed by atoms with Gasteiger partial charge in [0.15, 0.2) is 6.61 Å². The van der Waals surface area contributed by atoms with Crippen molar-refractivity contribution in [1.82, 2.24) is 0 Å². The molecule has 2 aromatic rings. The fourth-order valence-electron chi connectivity index (χ4n) is 1.97. The lowest BCUT2D eigenvalue weighted by Gasteiger charge is -2.10. The summed E-state index contributed by atoms with van der Waals surface area (Å²) >= 11 is 0. The van der Waals surface area contributed by atoms with Crippen molar-refractivity contribution in [2.45, 2.75) is 13.8 Å². The van der Waals surface area contributed by atoms with Crippen LogP contribution in [0.5, 0.6) is 0 Å². The molecule has 5 nitrogen and oxygen atoms in total. The Bertz CT molecular complexity index is 711. The monoisotopic (exact) mass is 298 g/mol. The third-order valence-electron chi connectivity index (χ3n) is 3.30. The molecule has 2 aromatic carbocycles. The Morgan fingerprint density at radius 1 is 1.05 bits per heavy atom. The maximum Gasteiger partial charge on any atom is 0.340 e. The lowest BCUT2D eigenvalue weighted by Crippen LogP contribution is -2.21. The fourth-order valence-corrected chi connectivity index (χ4v) is 1.97. The molecule has 2 rings (SSSR count). The number of nitrogens with two attached hydrogens (primary N) is 1. The number of amides is 1. The van der Waals surface area contributed by atoms with Crippen LogP contribution >= 0.6 is 0 Å². The van der Waals surface area contributed by atoms with Gasteiger partial charge in [0, 0.05) is 11.4 Å². The first-order chi connectivity index (χ1) is 10.5. The normalized spacial score (nSPS) is 10.1. The SMILES string of the molecule is Cc1ccccc1NC(=O)COC(=O)c1cccc(C)c1N. The summed E-state index contributed by atoms with van der Waals surface area (Å²) in [6.07, 6.45) is 0. The van der Waals surface area contributed by atoms with Crippen LogP contribution in [0.2, 0.25) is 0 Å². The van der Waals surface area contributed by atoms with Gasteiger partial charge in [-0.1, -0.05) is 30.3 Å². The number of carbonyl (C=O) groups excluding carboxylic acids is 2. The fraction of sp³-hybridized carbons (Fsp3) is 0.176. The molecule has 0 radical (unpaired) electrons. The van der Waals surface area contributed by atoms with E-state index in [1.807, 2.05) is 25.1 Å². The number of ether oxygens (including phenoxy) is 1. The number of rotatable bonds is 4. The van der Waals surface area contributed by atoms with Crippen LogP contribution < -0.4 is 11.1 Å². The zero-order valence-electron chi connectivity index (χ0n) is 12.6. The Labute approximate surface area is 129 Å². The van der Waals surface area contributed by atoms with Crippen LogP contribution in [-0.2, 0) is 9.53 Å². The summed E-state index contributed by atoms with van der Waals surface area (Å²) in [5.41, 5.74) is 8.89. The number of nitrogens with one attached hydrogen (secondary N) is 1. The van der Waals surface area contributed by atoms with E-state index in [0.29, 0.717) is 11.4 Å². The van der Waals surface area contributed by atoms with Gasteiger partial charge in [-0.3, -0.25) is 4.79 Å². The van der Waals surface area contributed by atoms with E-state index in [4.69, 9.17) is 10.5 Å². The lowest BCUT2D eigenvalue weighted by molar-refractivity contribution is -0.119. The van der Waals surface area contributed by atoms with Gasteiger partial charge in [0.2, 0.25) is 0 Å². The predicted octanol–water partition coefficient (Wildman–Crippen LogP) is 2.68. The summed E-state index contributed by atoms with van der Waals surface area (Å²) < 4.78 is 5.01. The predicted molar refractivity (Wildman–Crippen MR) is 85.7 cm³/mol. The number of carbonyl (C=O) groups is 2. The summed E-state index contributed by atoms with van der Waals surface area (Å²) in [6.45, 7) is 3.33. The van der Waals surface area contributed by atoms with Gasteiger partial charge < -0.3 is 15.8 Å². The second kappa shape index (κ2) is 6.76. The summed E-state index contributed by atoms with van der Waals surface area (Å²) in [7, 11) is 0. The van der Waals surface area contributed by atoms with E-state index in [0.717, 1.165) is 11.1 Å². The van der Waals surface area contributed by atoms with Gasteiger partial charge in [-0.2, -0.15) is 0 Å². The highest BCUT2D eigenvalue weighted by molar-refractivity contribution is 5.98. The van der Waals surface area contributed by atoms with Crippen LogP contribution in [0.1, 0.15) is 21.5 Å². The number of anilines is 2. The van der Waals surface area contributed by atoms with Gasteiger partial charge >= 0.3 is 5.97 Å². The number of aryl methyl sites for hydroxylation is 2. The van der Waals surface area contributed by atoms with Crippen molar-refractivity contribution in [2.24, 2.45) is 0 Å². The molecule has 0 saturated heterocycles. The number of para-hydroxylation sites is 2. The van der Waals surface area contributed by atoms with E-state index < -0.39 is 11.9 Å². The maximum atomic E-state index is 12.0. The standard InChI is InChI=1S/C17H18N2O3/c1-11-6-3-4-9-14(11)19-15(20)10-22-17(21)13-8-5-7-12(2)16(13)18/h3-9H,10,18H2,1-2H3,(H,19,20). The Kier molecular flexibility index (Phi) is 4.78. The second-order valence-corrected chi connectivity index (χ2v) is 4.98. The highest BCUT2D eigenvalue weighted by Crippen LogP contribution is 2.17. The Balaban J connectivity index is 1.95. The minimum atomic E-state index is -0.610. The minimum Gasteiger partial charge on any atom is -0.452 e. The molecule has 0 aliphatic rings. The third-order valence-corrected chi connectivity index (χ3v) is 3.30. The van der Waals surface area contributed by atoms with E-state index in [9.17, 15) is 9.59 Å². The molecule has 0 aliphatic carbocycles. The molecule has 0 fully saturated rings. The van der Waals surface area contributed by atoms with E-state index in [1.165, 1.54) is 0 Å². The molecule has 0 atom stereocenters. The quantitative estimate of drug-likeness (QED) is 0.671. The van der Waals surface area contributed by atoms with Crippen LogP contribution in [0.15, 0.2) is 42.5 Å². The van der Waals surface area contributed by atoms with Crippen molar-refractivity contribution in [2.75, 3.05) is 17.7 Å². The van der Waals surface area contributed by atoms with Crippen molar-refractivity contribution in [3.63, 3.8) is 0 Å². The van der Waals surface area contributed by atoms with Crippen LogP contribution in [0.4, 0.5) is 11.4 Å².